The number of hydrogen-bond donors (Lipinski definition) is 0. The number of hydrogen-bond acceptors (Lipinski definition) is 6. The molecule has 0 saturated carbocycles. The third kappa shape index (κ3) is 5.25. The van der Waals surface area contributed by atoms with Gasteiger partial charge in [0.15, 0.2) is 5.82 Å². The highest BCUT2D eigenvalue weighted by Gasteiger charge is 2.32. The molecule has 0 aliphatic carbocycles. The molecule has 0 spiro atoms. The van der Waals surface area contributed by atoms with Crippen LogP contribution in [0.25, 0.3) is 5.69 Å². The van der Waals surface area contributed by atoms with Gasteiger partial charge in [-0.3, -0.25) is 4.79 Å². The van der Waals surface area contributed by atoms with Gasteiger partial charge in [0.05, 0.1) is 46.9 Å². The summed E-state index contributed by atoms with van der Waals surface area (Å²) in [4.78, 5) is 19.4. The molecule has 0 aliphatic rings. The quantitative estimate of drug-likeness (QED) is 0.498. The summed E-state index contributed by atoms with van der Waals surface area (Å²) in [6.07, 6.45) is -1.38. The van der Waals surface area contributed by atoms with Gasteiger partial charge in [-0.25, -0.2) is 9.37 Å². The van der Waals surface area contributed by atoms with Crippen LogP contribution in [0.3, 0.4) is 0 Å². The highest BCUT2D eigenvalue weighted by molar-refractivity contribution is 5.98. The van der Waals surface area contributed by atoms with E-state index in [-0.39, 0.29) is 24.3 Å². The van der Waals surface area contributed by atoms with Crippen LogP contribution in [0.15, 0.2) is 42.9 Å². The first kappa shape index (κ1) is 23.6. The molecule has 0 unspecified atom stereocenters. The first-order valence-electron chi connectivity index (χ1n) is 9.73. The molecule has 0 N–H and O–H groups in total. The molecule has 0 bridgehead atoms. The van der Waals surface area contributed by atoms with Crippen molar-refractivity contribution in [2.24, 2.45) is 0 Å². The Morgan fingerprint density at radius 3 is 2.55 bits per heavy atom. The van der Waals surface area contributed by atoms with Crippen LogP contribution in [0.5, 0.6) is 5.88 Å². The Bertz CT molecular complexity index is 1170. The Balaban J connectivity index is 1.81. The molecule has 33 heavy (non-hydrogen) atoms. The van der Waals surface area contributed by atoms with Crippen LogP contribution in [-0.4, -0.2) is 50.0 Å². The summed E-state index contributed by atoms with van der Waals surface area (Å²) in [7, 11) is 0. The first-order valence-corrected chi connectivity index (χ1v) is 9.73. The number of ether oxygens (including phenoxy) is 1. The van der Waals surface area contributed by atoms with E-state index in [4.69, 9.17) is 4.74 Å². The predicted molar refractivity (Wildman–Crippen MR) is 107 cm³/mol. The van der Waals surface area contributed by atoms with Gasteiger partial charge in [0, 0.05) is 12.7 Å². The molecule has 0 aliphatic heterocycles. The third-order valence-electron chi connectivity index (χ3n) is 4.72. The summed E-state index contributed by atoms with van der Waals surface area (Å²) in [5, 5.41) is 17.3. The van der Waals surface area contributed by atoms with Crippen LogP contribution in [0.1, 0.15) is 35.3 Å². The molecule has 172 valence electrons. The van der Waals surface area contributed by atoms with E-state index in [0.29, 0.717) is 18.0 Å². The van der Waals surface area contributed by atoms with Gasteiger partial charge in [0.1, 0.15) is 6.61 Å². The van der Waals surface area contributed by atoms with Gasteiger partial charge < -0.3 is 9.64 Å². The molecule has 0 saturated heterocycles. The van der Waals surface area contributed by atoms with Gasteiger partial charge in [-0.05, 0) is 38.1 Å². The number of rotatable bonds is 7. The van der Waals surface area contributed by atoms with Gasteiger partial charge >= 0.3 is 6.18 Å². The van der Waals surface area contributed by atoms with Crippen LogP contribution >= 0.6 is 0 Å². The molecule has 12 heteroatoms. The van der Waals surface area contributed by atoms with E-state index in [1.165, 1.54) is 34.2 Å². The zero-order valence-corrected chi connectivity index (χ0v) is 17.5. The van der Waals surface area contributed by atoms with Crippen LogP contribution in [0.2, 0.25) is 0 Å². The highest BCUT2D eigenvalue weighted by atomic mass is 19.4. The maximum absolute atomic E-state index is 14.0. The minimum atomic E-state index is -4.73. The number of nitriles is 1. The number of amides is 1. The predicted octanol–water partition coefficient (Wildman–Crippen LogP) is 3.62. The molecule has 2 aromatic heterocycles. The number of aromatic nitrogens is 4. The molecule has 3 rings (SSSR count). The highest BCUT2D eigenvalue weighted by Crippen LogP contribution is 2.30. The molecule has 0 fully saturated rings. The van der Waals surface area contributed by atoms with Crippen molar-refractivity contribution in [3.8, 4) is 17.6 Å². The zero-order chi connectivity index (χ0) is 24.2. The second-order valence-electron chi connectivity index (χ2n) is 6.92. The van der Waals surface area contributed by atoms with E-state index in [1.54, 1.807) is 19.9 Å². The lowest BCUT2D eigenvalue weighted by Crippen LogP contribution is -2.42. The van der Waals surface area contributed by atoms with Crippen molar-refractivity contribution in [3.63, 3.8) is 0 Å². The number of halogens is 4. The minimum absolute atomic E-state index is 0.165. The Labute approximate surface area is 186 Å². The van der Waals surface area contributed by atoms with Crippen molar-refractivity contribution in [1.29, 1.82) is 5.26 Å². The number of carbonyl (C=O) groups is 1. The Hall–Kier alpha value is -4.01. The van der Waals surface area contributed by atoms with Gasteiger partial charge in [-0.15, -0.1) is 0 Å². The van der Waals surface area contributed by atoms with E-state index >= 15 is 0 Å². The Morgan fingerprint density at radius 1 is 1.27 bits per heavy atom. The van der Waals surface area contributed by atoms with Crippen molar-refractivity contribution in [2.75, 3.05) is 13.2 Å². The molecular formula is C21H18F4N6O2. The maximum Gasteiger partial charge on any atom is 0.417 e. The number of carbonyl (C=O) groups excluding carboxylic acids is 1. The van der Waals surface area contributed by atoms with Crippen molar-refractivity contribution in [1.82, 2.24) is 24.9 Å². The number of alkyl halides is 3. The lowest BCUT2D eigenvalue weighted by molar-refractivity contribution is -0.138. The van der Waals surface area contributed by atoms with E-state index in [1.807, 2.05) is 6.07 Å². The lowest BCUT2D eigenvalue weighted by atomic mass is 10.1. The van der Waals surface area contributed by atoms with Crippen molar-refractivity contribution in [3.05, 3.63) is 65.4 Å². The van der Waals surface area contributed by atoms with Crippen molar-refractivity contribution < 1.29 is 27.1 Å². The molecule has 0 radical (unpaired) electrons. The molecule has 1 aromatic carbocycles. The largest absolute Gasteiger partial charge is 0.473 e. The molecule has 1 amide bonds. The smallest absolute Gasteiger partial charge is 0.417 e. The normalized spacial score (nSPS) is 12.2. The van der Waals surface area contributed by atoms with Crippen LogP contribution in [0.4, 0.5) is 17.6 Å². The van der Waals surface area contributed by atoms with E-state index in [9.17, 15) is 27.6 Å². The van der Waals surface area contributed by atoms with Crippen LogP contribution in [-0.2, 0) is 6.18 Å². The average molecular weight is 462 g/mol. The SMILES string of the molecule is CCN(C(=O)c1cc(C#N)ccc1-n1nccn1)[C@@H](C)COc1ncc(C(F)(F)F)cc1F. The molecule has 1 atom stereocenters. The van der Waals surface area contributed by atoms with E-state index in [0.717, 1.165) is 0 Å². The van der Waals surface area contributed by atoms with Gasteiger partial charge in [0.25, 0.3) is 5.91 Å². The topological polar surface area (TPSA) is 96.9 Å². The van der Waals surface area contributed by atoms with Crippen molar-refractivity contribution in [2.45, 2.75) is 26.1 Å². The fourth-order valence-corrected chi connectivity index (χ4v) is 3.08. The van der Waals surface area contributed by atoms with Gasteiger partial charge in [0.2, 0.25) is 5.88 Å². The number of benzene rings is 1. The Morgan fingerprint density at radius 2 is 1.97 bits per heavy atom. The molecular weight excluding hydrogens is 444 g/mol. The minimum Gasteiger partial charge on any atom is -0.473 e. The zero-order valence-electron chi connectivity index (χ0n) is 17.5. The van der Waals surface area contributed by atoms with Gasteiger partial charge in [-0.1, -0.05) is 0 Å². The number of nitrogens with zero attached hydrogens (tertiary/aromatic N) is 6. The second-order valence-corrected chi connectivity index (χ2v) is 6.92. The average Bonchev–Trinajstić information content (AvgIpc) is 3.32. The third-order valence-corrected chi connectivity index (χ3v) is 4.72. The van der Waals surface area contributed by atoms with Gasteiger partial charge in [-0.2, -0.15) is 33.4 Å². The summed E-state index contributed by atoms with van der Waals surface area (Å²) in [5.74, 6) is -2.33. The maximum atomic E-state index is 14.0. The summed E-state index contributed by atoms with van der Waals surface area (Å²) in [6, 6.07) is 6.14. The fourth-order valence-electron chi connectivity index (χ4n) is 3.08. The second kappa shape index (κ2) is 9.64. The summed E-state index contributed by atoms with van der Waals surface area (Å²) < 4.78 is 57.3. The summed E-state index contributed by atoms with van der Waals surface area (Å²) in [6.45, 7) is 3.34. The summed E-state index contributed by atoms with van der Waals surface area (Å²) >= 11 is 0. The standard InChI is InChI=1S/C21H18F4N6O2/c1-3-30(13(2)12-33-19-17(22)9-15(11-27-19)21(23,24)25)20(32)16-8-14(10-26)4-5-18(16)31-28-6-7-29-31/h4-9,11,13H,3,12H2,1-2H3/t13-/m0/s1. The molecule has 3 aromatic rings. The Kier molecular flexibility index (Phi) is 6.91. The van der Waals surface area contributed by atoms with Crippen LogP contribution < -0.4 is 4.74 Å². The monoisotopic (exact) mass is 462 g/mol. The molecule has 2 heterocycles. The van der Waals surface area contributed by atoms with E-state index in [2.05, 4.69) is 15.2 Å². The van der Waals surface area contributed by atoms with E-state index < -0.39 is 35.4 Å². The number of pyridine rings is 1. The lowest BCUT2D eigenvalue weighted by Gasteiger charge is -2.28. The van der Waals surface area contributed by atoms with Crippen LogP contribution in [0, 0.1) is 17.1 Å². The van der Waals surface area contributed by atoms with Crippen molar-refractivity contribution >= 4 is 5.91 Å². The number of likely N-dealkylation sites (N-methyl/N-ethyl adjacent to an activating group) is 1. The fraction of sp³-hybridized carbons (Fsp3) is 0.286. The first-order chi connectivity index (χ1) is 15.7. The molecule has 8 nitrogen and oxygen atoms in total. The summed E-state index contributed by atoms with van der Waals surface area (Å²) in [5.41, 5.74) is -0.461.